The van der Waals surface area contributed by atoms with E-state index >= 15 is 0 Å². The van der Waals surface area contributed by atoms with Gasteiger partial charge in [0.05, 0.1) is 12.8 Å². The van der Waals surface area contributed by atoms with Crippen molar-refractivity contribution in [2.45, 2.75) is 277 Å². The van der Waals surface area contributed by atoms with Crippen LogP contribution in [-0.2, 0) is 44.8 Å². The van der Waals surface area contributed by atoms with Crippen molar-refractivity contribution in [2.24, 2.45) is 0 Å². The van der Waals surface area contributed by atoms with Crippen molar-refractivity contribution in [2.75, 3.05) is 13.1 Å². The fourth-order valence-electron chi connectivity index (χ4n) is 8.34. The summed E-state index contributed by atoms with van der Waals surface area (Å²) in [7, 11) is 0. The molecular weight excluding hydrogens is 869 g/mol. The fraction of sp³-hybridized carbons (Fsp3) is 0.789. The minimum atomic E-state index is -1.35. The number of rotatable bonds is 45. The summed E-state index contributed by atoms with van der Waals surface area (Å²) in [5, 5.41) is 11.2. The number of hydrogen-bond acceptors (Lipinski definition) is 8. The van der Waals surface area contributed by atoms with Crippen LogP contribution in [0.4, 0.5) is 0 Å². The number of hydrogen-bond donors (Lipinski definition) is 4. The lowest BCUT2D eigenvalue weighted by Crippen LogP contribution is -2.51. The second-order valence-corrected chi connectivity index (χ2v) is 20.4. The molecule has 0 aliphatic heterocycles. The van der Waals surface area contributed by atoms with Gasteiger partial charge >= 0.3 is 11.9 Å². The van der Waals surface area contributed by atoms with Gasteiger partial charge in [-0.15, -0.1) is 0 Å². The first-order valence-electron chi connectivity index (χ1n) is 27.9. The van der Waals surface area contributed by atoms with Crippen molar-refractivity contribution in [1.29, 1.82) is 0 Å². The molecule has 12 heteroatoms. The van der Waals surface area contributed by atoms with Gasteiger partial charge in [-0.05, 0) is 52.0 Å². The molecule has 0 unspecified atom stereocenters. The predicted octanol–water partition coefficient (Wildman–Crippen LogP) is 12.6. The molecule has 1 rings (SSSR count). The highest BCUT2D eigenvalue weighted by molar-refractivity contribution is 5.94. The molecule has 0 aliphatic rings. The van der Waals surface area contributed by atoms with Crippen molar-refractivity contribution in [3.8, 4) is 0 Å². The van der Waals surface area contributed by atoms with Crippen LogP contribution in [0, 0.1) is 0 Å². The monoisotopic (exact) mass is 969 g/mol. The Morgan fingerprint density at radius 2 is 0.870 bits per heavy atom. The molecule has 0 bridgehead atoms. The highest BCUT2D eigenvalue weighted by Gasteiger charge is 2.29. The van der Waals surface area contributed by atoms with Gasteiger partial charge < -0.3 is 30.7 Å². The Morgan fingerprint density at radius 3 is 1.33 bits per heavy atom. The smallest absolute Gasteiger partial charge is 0.329 e. The summed E-state index contributed by atoms with van der Waals surface area (Å²) in [4.78, 5) is 79.1. The van der Waals surface area contributed by atoms with Crippen molar-refractivity contribution in [3.63, 3.8) is 0 Å². The van der Waals surface area contributed by atoms with Crippen LogP contribution < -0.4 is 21.3 Å². The maximum absolute atomic E-state index is 13.6. The van der Waals surface area contributed by atoms with Gasteiger partial charge in [-0.3, -0.25) is 24.0 Å². The Balaban J connectivity index is 2.75. The number of carbonyl (C=O) groups is 6. The standard InChI is InChI=1S/C57H100N4O8/c1-6-8-10-12-14-16-18-20-22-24-26-28-30-37-43-58-52(63)45-49(55(66)59-44-38-31-29-27-25-23-21-19-17-15-13-11-9-7-2)60-53(64)46-50(56(67)68-47-48-39-33-32-34-40-48)61-51(62)41-35-36-42-54(65)69-57(3,4)5/h32-34,39-40,49-50H,6-31,35-38,41-47H2,1-5H3,(H,58,63)(H,59,66)(H,60,64)(H,61,62)/t49-,50-/m0/s1. The lowest BCUT2D eigenvalue weighted by Gasteiger charge is -2.21. The van der Waals surface area contributed by atoms with Gasteiger partial charge in [0.1, 0.15) is 24.3 Å². The zero-order valence-corrected chi connectivity index (χ0v) is 44.5. The van der Waals surface area contributed by atoms with Crippen LogP contribution in [0.15, 0.2) is 30.3 Å². The summed E-state index contributed by atoms with van der Waals surface area (Å²) in [5.41, 5.74) is 0.126. The van der Waals surface area contributed by atoms with Gasteiger partial charge in [0.15, 0.2) is 0 Å². The van der Waals surface area contributed by atoms with E-state index in [1.807, 2.05) is 18.2 Å². The van der Waals surface area contributed by atoms with Crippen LogP contribution in [0.25, 0.3) is 0 Å². The molecule has 396 valence electrons. The Kier molecular flexibility index (Phi) is 39.2. The summed E-state index contributed by atoms with van der Waals surface area (Å²) in [6, 6.07) is 6.54. The molecule has 0 saturated heterocycles. The van der Waals surface area contributed by atoms with Crippen molar-refractivity contribution < 1.29 is 38.2 Å². The van der Waals surface area contributed by atoms with Crippen LogP contribution in [0.3, 0.4) is 0 Å². The predicted molar refractivity (Wildman–Crippen MR) is 280 cm³/mol. The third-order valence-corrected chi connectivity index (χ3v) is 12.4. The molecule has 0 radical (unpaired) electrons. The van der Waals surface area contributed by atoms with Crippen LogP contribution in [0.1, 0.15) is 258 Å². The molecule has 0 aliphatic carbocycles. The number of amides is 4. The summed E-state index contributed by atoms with van der Waals surface area (Å²) >= 11 is 0. The van der Waals surface area contributed by atoms with E-state index in [1.165, 1.54) is 141 Å². The van der Waals surface area contributed by atoms with E-state index in [0.29, 0.717) is 25.9 Å². The Bertz CT molecular complexity index is 1480. The van der Waals surface area contributed by atoms with Crippen molar-refractivity contribution >= 4 is 35.6 Å². The van der Waals surface area contributed by atoms with Crippen LogP contribution in [0.2, 0.25) is 0 Å². The van der Waals surface area contributed by atoms with E-state index in [-0.39, 0.29) is 37.7 Å². The Morgan fingerprint density at radius 1 is 0.464 bits per heavy atom. The maximum Gasteiger partial charge on any atom is 0.329 e. The van der Waals surface area contributed by atoms with Crippen LogP contribution >= 0.6 is 0 Å². The molecule has 0 saturated carbocycles. The van der Waals surface area contributed by atoms with Gasteiger partial charge in [-0.25, -0.2) is 4.79 Å². The zero-order valence-electron chi connectivity index (χ0n) is 44.5. The minimum absolute atomic E-state index is 0.0106. The highest BCUT2D eigenvalue weighted by atomic mass is 16.6. The van der Waals surface area contributed by atoms with Gasteiger partial charge in [0.2, 0.25) is 23.6 Å². The summed E-state index contributed by atoms with van der Waals surface area (Å²) < 4.78 is 10.9. The lowest BCUT2D eigenvalue weighted by atomic mass is 10.0. The molecule has 4 N–H and O–H groups in total. The number of ether oxygens (including phenoxy) is 2. The van der Waals surface area contributed by atoms with Gasteiger partial charge in [0, 0.05) is 25.9 Å². The molecule has 0 heterocycles. The fourth-order valence-corrected chi connectivity index (χ4v) is 8.34. The normalized spacial score (nSPS) is 12.2. The molecule has 69 heavy (non-hydrogen) atoms. The molecular formula is C57H100N4O8. The molecule has 0 spiro atoms. The first kappa shape index (κ1) is 63.1. The number of esters is 2. The third-order valence-electron chi connectivity index (χ3n) is 12.4. The molecule has 2 atom stereocenters. The van der Waals surface area contributed by atoms with Gasteiger partial charge in [-0.2, -0.15) is 0 Å². The van der Waals surface area contributed by atoms with Crippen molar-refractivity contribution in [3.05, 3.63) is 35.9 Å². The third kappa shape index (κ3) is 39.5. The van der Waals surface area contributed by atoms with E-state index in [9.17, 15) is 28.8 Å². The molecule has 1 aromatic rings. The molecule has 0 aromatic heterocycles. The molecule has 1 aromatic carbocycles. The summed E-state index contributed by atoms with van der Waals surface area (Å²) in [5.74, 6) is -3.15. The lowest BCUT2D eigenvalue weighted by molar-refractivity contribution is -0.155. The maximum atomic E-state index is 13.6. The van der Waals surface area contributed by atoms with Gasteiger partial charge in [-0.1, -0.05) is 211 Å². The average Bonchev–Trinajstić information content (AvgIpc) is 3.31. The molecule has 0 fully saturated rings. The average molecular weight is 969 g/mol. The topological polar surface area (TPSA) is 169 Å². The van der Waals surface area contributed by atoms with Crippen molar-refractivity contribution in [1.82, 2.24) is 21.3 Å². The first-order valence-corrected chi connectivity index (χ1v) is 27.9. The quantitative estimate of drug-likeness (QED) is 0.0370. The van der Waals surface area contributed by atoms with Crippen LogP contribution in [-0.4, -0.2) is 66.3 Å². The van der Waals surface area contributed by atoms with E-state index in [4.69, 9.17) is 9.47 Å². The Labute approximate surface area is 419 Å². The minimum Gasteiger partial charge on any atom is -0.460 e. The Hall–Kier alpha value is -3.96. The SMILES string of the molecule is CCCCCCCCCCCCCCCCNC(=O)C[C@H](NC(=O)C[C@H](NC(=O)CCCCC(=O)OC(C)(C)C)C(=O)OCc1ccccc1)C(=O)NCCCCCCCCCCCCCCCC. The van der Waals surface area contributed by atoms with Crippen LogP contribution in [0.5, 0.6) is 0 Å². The molecule has 4 amide bonds. The van der Waals surface area contributed by atoms with E-state index < -0.39 is 47.8 Å². The second-order valence-electron chi connectivity index (χ2n) is 20.4. The number of nitrogens with one attached hydrogen (secondary N) is 4. The number of unbranched alkanes of at least 4 members (excludes halogenated alkanes) is 27. The van der Waals surface area contributed by atoms with E-state index in [2.05, 4.69) is 35.1 Å². The van der Waals surface area contributed by atoms with E-state index in [0.717, 1.165) is 44.1 Å². The van der Waals surface area contributed by atoms with E-state index in [1.54, 1.807) is 32.9 Å². The first-order chi connectivity index (χ1) is 33.3. The second kappa shape index (κ2) is 42.9. The summed E-state index contributed by atoms with van der Waals surface area (Å²) in [6.45, 7) is 10.7. The summed E-state index contributed by atoms with van der Waals surface area (Å²) in [6.07, 6.45) is 34.7. The highest BCUT2D eigenvalue weighted by Crippen LogP contribution is 2.16. The largest absolute Gasteiger partial charge is 0.460 e. The van der Waals surface area contributed by atoms with Gasteiger partial charge in [0.25, 0.3) is 0 Å². The molecule has 12 nitrogen and oxygen atoms in total. The number of carbonyl (C=O) groups excluding carboxylic acids is 6. The number of benzene rings is 1. The zero-order chi connectivity index (χ0) is 50.6.